The molecule has 1 aromatic rings. The van der Waals surface area contributed by atoms with Gasteiger partial charge in [0.25, 0.3) is 10.2 Å². The molecule has 1 atom stereocenters. The summed E-state index contributed by atoms with van der Waals surface area (Å²) in [6.07, 6.45) is 0. The first kappa shape index (κ1) is 14.0. The van der Waals surface area contributed by atoms with Crippen LogP contribution in [0.5, 0.6) is 0 Å². The molecule has 1 heterocycles. The summed E-state index contributed by atoms with van der Waals surface area (Å²) < 4.78 is 27.5. The number of hydrogen-bond donors (Lipinski definition) is 2. The van der Waals surface area contributed by atoms with Crippen molar-refractivity contribution in [3.8, 4) is 0 Å². The van der Waals surface area contributed by atoms with Crippen LogP contribution in [0.1, 0.15) is 24.0 Å². The average Bonchev–Trinajstić information content (AvgIpc) is 2.37. The average molecular weight is 284 g/mol. The van der Waals surface area contributed by atoms with Crippen LogP contribution < -0.4 is 4.72 Å². The van der Waals surface area contributed by atoms with Gasteiger partial charge in [-0.05, 0) is 11.1 Å². The predicted molar refractivity (Wildman–Crippen MR) is 69.8 cm³/mol. The van der Waals surface area contributed by atoms with E-state index in [0.717, 1.165) is 5.56 Å². The summed E-state index contributed by atoms with van der Waals surface area (Å²) >= 11 is 0. The molecule has 1 aliphatic heterocycles. The number of carboxylic acid groups (broad SMARTS) is 1. The van der Waals surface area contributed by atoms with Crippen LogP contribution in [0.2, 0.25) is 0 Å². The fraction of sp³-hybridized carbons (Fsp3) is 0.417. The summed E-state index contributed by atoms with van der Waals surface area (Å²) in [6, 6.07) is 7.05. The Kier molecular flexibility index (Phi) is 3.88. The second-order valence-electron chi connectivity index (χ2n) is 4.39. The number of nitrogens with zero attached hydrogens (tertiary/aromatic N) is 1. The molecule has 2 rings (SSSR count). The van der Waals surface area contributed by atoms with Crippen LogP contribution in [0.25, 0.3) is 0 Å². The van der Waals surface area contributed by atoms with Crippen LogP contribution in [0.3, 0.4) is 0 Å². The summed E-state index contributed by atoms with van der Waals surface area (Å²) in [5, 5.41) is 9.26. The van der Waals surface area contributed by atoms with Crippen LogP contribution in [0.4, 0.5) is 0 Å². The molecule has 104 valence electrons. The van der Waals surface area contributed by atoms with E-state index < -0.39 is 22.1 Å². The van der Waals surface area contributed by atoms with Gasteiger partial charge in [-0.2, -0.15) is 12.7 Å². The third kappa shape index (κ3) is 2.78. The second-order valence-corrected chi connectivity index (χ2v) is 6.14. The van der Waals surface area contributed by atoms with Gasteiger partial charge in [-0.1, -0.05) is 31.2 Å². The Hall–Kier alpha value is -1.44. The lowest BCUT2D eigenvalue weighted by molar-refractivity contribution is -0.139. The van der Waals surface area contributed by atoms with E-state index in [4.69, 9.17) is 0 Å². The van der Waals surface area contributed by atoms with Crippen molar-refractivity contribution >= 4 is 16.2 Å². The third-order valence-electron chi connectivity index (χ3n) is 3.13. The fourth-order valence-electron chi connectivity index (χ4n) is 2.24. The molecule has 0 saturated heterocycles. The minimum Gasteiger partial charge on any atom is -0.481 e. The lowest BCUT2D eigenvalue weighted by Crippen LogP contribution is -2.45. The highest BCUT2D eigenvalue weighted by Gasteiger charge is 2.35. The van der Waals surface area contributed by atoms with Gasteiger partial charge in [0.15, 0.2) is 0 Å². The molecule has 0 bridgehead atoms. The van der Waals surface area contributed by atoms with E-state index in [1.807, 2.05) is 0 Å². The van der Waals surface area contributed by atoms with Crippen molar-refractivity contribution in [1.29, 1.82) is 0 Å². The maximum atomic E-state index is 12.0. The number of rotatable bonds is 4. The Labute approximate surface area is 112 Å². The monoisotopic (exact) mass is 284 g/mol. The van der Waals surface area contributed by atoms with Crippen LogP contribution in [0, 0.1) is 0 Å². The number of aliphatic carboxylic acids is 1. The summed E-state index contributed by atoms with van der Waals surface area (Å²) in [5.74, 6) is -1.83. The molecule has 0 radical (unpaired) electrons. The van der Waals surface area contributed by atoms with E-state index in [2.05, 4.69) is 4.72 Å². The second kappa shape index (κ2) is 5.28. The van der Waals surface area contributed by atoms with E-state index >= 15 is 0 Å². The number of benzene rings is 1. The summed E-state index contributed by atoms with van der Waals surface area (Å²) in [4.78, 5) is 11.3. The zero-order valence-corrected chi connectivity index (χ0v) is 11.4. The largest absolute Gasteiger partial charge is 0.481 e. The van der Waals surface area contributed by atoms with Gasteiger partial charge in [0.1, 0.15) is 0 Å². The predicted octanol–water partition coefficient (Wildman–Crippen LogP) is 0.525. The third-order valence-corrected chi connectivity index (χ3v) is 4.74. The number of fused-ring (bicyclic) bond motifs is 1. The number of carbonyl (C=O) groups is 1. The SMILES string of the molecule is CCNS(=O)(=O)N1Cc2ccccc2C(C(=O)O)C1. The smallest absolute Gasteiger partial charge is 0.312 e. The van der Waals surface area contributed by atoms with Crippen molar-refractivity contribution in [3.05, 3.63) is 35.4 Å². The molecule has 6 nitrogen and oxygen atoms in total. The topological polar surface area (TPSA) is 86.7 Å². The van der Waals surface area contributed by atoms with Gasteiger partial charge in [-0.25, -0.2) is 4.72 Å². The zero-order valence-electron chi connectivity index (χ0n) is 10.5. The van der Waals surface area contributed by atoms with Gasteiger partial charge in [0.2, 0.25) is 0 Å². The molecule has 0 aromatic heterocycles. The molecule has 1 aromatic carbocycles. The molecule has 0 amide bonds. The molecule has 19 heavy (non-hydrogen) atoms. The molecule has 0 aliphatic carbocycles. The summed E-state index contributed by atoms with van der Waals surface area (Å²) in [6.45, 7) is 2.12. The van der Waals surface area contributed by atoms with E-state index in [-0.39, 0.29) is 19.6 Å². The van der Waals surface area contributed by atoms with Crippen LogP contribution >= 0.6 is 0 Å². The lowest BCUT2D eigenvalue weighted by Gasteiger charge is -2.31. The van der Waals surface area contributed by atoms with Crippen LogP contribution in [-0.4, -0.2) is 36.9 Å². The van der Waals surface area contributed by atoms with Crippen molar-refractivity contribution in [2.75, 3.05) is 13.1 Å². The van der Waals surface area contributed by atoms with Crippen molar-refractivity contribution in [2.45, 2.75) is 19.4 Å². The highest BCUT2D eigenvalue weighted by atomic mass is 32.2. The Morgan fingerprint density at radius 2 is 2.16 bits per heavy atom. The first-order chi connectivity index (χ1) is 8.95. The molecule has 1 aliphatic rings. The van der Waals surface area contributed by atoms with Gasteiger partial charge in [0.05, 0.1) is 5.92 Å². The normalized spacial score (nSPS) is 19.9. The fourth-order valence-corrected chi connectivity index (χ4v) is 3.44. The van der Waals surface area contributed by atoms with E-state index in [1.54, 1.807) is 31.2 Å². The van der Waals surface area contributed by atoms with Crippen LogP contribution in [-0.2, 0) is 21.5 Å². The lowest BCUT2D eigenvalue weighted by atomic mass is 9.91. The summed E-state index contributed by atoms with van der Waals surface area (Å²) in [7, 11) is -3.62. The Morgan fingerprint density at radius 3 is 2.79 bits per heavy atom. The number of carboxylic acids is 1. The minimum absolute atomic E-state index is 0.0400. The molecular weight excluding hydrogens is 268 g/mol. The van der Waals surface area contributed by atoms with Gasteiger partial charge >= 0.3 is 5.97 Å². The highest BCUT2D eigenvalue weighted by Crippen LogP contribution is 2.29. The van der Waals surface area contributed by atoms with Gasteiger partial charge in [0, 0.05) is 19.6 Å². The highest BCUT2D eigenvalue weighted by molar-refractivity contribution is 7.87. The molecular formula is C12H16N2O4S. The maximum absolute atomic E-state index is 12.0. The maximum Gasteiger partial charge on any atom is 0.312 e. The number of hydrogen-bond acceptors (Lipinski definition) is 3. The van der Waals surface area contributed by atoms with Crippen molar-refractivity contribution in [1.82, 2.24) is 9.03 Å². The summed E-state index contributed by atoms with van der Waals surface area (Å²) in [5.41, 5.74) is 1.43. The van der Waals surface area contributed by atoms with E-state index in [1.165, 1.54) is 4.31 Å². The van der Waals surface area contributed by atoms with Gasteiger partial charge < -0.3 is 5.11 Å². The van der Waals surface area contributed by atoms with Gasteiger partial charge in [-0.15, -0.1) is 0 Å². The Balaban J connectivity index is 2.38. The Bertz CT molecular complexity index is 585. The first-order valence-electron chi connectivity index (χ1n) is 6.01. The molecule has 0 spiro atoms. The van der Waals surface area contributed by atoms with Crippen molar-refractivity contribution in [2.24, 2.45) is 0 Å². The zero-order chi connectivity index (χ0) is 14.0. The first-order valence-corrected chi connectivity index (χ1v) is 7.45. The number of nitrogens with one attached hydrogen (secondary N) is 1. The molecule has 0 saturated carbocycles. The quantitative estimate of drug-likeness (QED) is 0.844. The molecule has 7 heteroatoms. The molecule has 2 N–H and O–H groups in total. The van der Waals surface area contributed by atoms with E-state index in [0.29, 0.717) is 5.56 Å². The van der Waals surface area contributed by atoms with Crippen LogP contribution in [0.15, 0.2) is 24.3 Å². The van der Waals surface area contributed by atoms with Gasteiger partial charge in [-0.3, -0.25) is 4.79 Å². The molecule has 1 unspecified atom stereocenters. The van der Waals surface area contributed by atoms with E-state index in [9.17, 15) is 18.3 Å². The Morgan fingerprint density at radius 1 is 1.47 bits per heavy atom. The standard InChI is InChI=1S/C12H16N2O4S/c1-2-13-19(17,18)14-7-9-5-3-4-6-10(9)11(8-14)12(15)16/h3-6,11,13H,2,7-8H2,1H3,(H,15,16). The minimum atomic E-state index is -3.62. The molecule has 0 fully saturated rings. The van der Waals surface area contributed by atoms with Crippen molar-refractivity contribution in [3.63, 3.8) is 0 Å². The van der Waals surface area contributed by atoms with Crippen molar-refractivity contribution < 1.29 is 18.3 Å².